The number of pyridine rings is 1. The number of anilines is 1. The van der Waals surface area contributed by atoms with Crippen LogP contribution < -0.4 is 5.32 Å². The predicted octanol–water partition coefficient (Wildman–Crippen LogP) is 2.69. The summed E-state index contributed by atoms with van der Waals surface area (Å²) in [6.45, 7) is -1.50. The van der Waals surface area contributed by atoms with Crippen LogP contribution in [0.4, 0.5) is 27.6 Å². The van der Waals surface area contributed by atoms with Gasteiger partial charge in [0, 0.05) is 12.4 Å². The van der Waals surface area contributed by atoms with Crippen molar-refractivity contribution in [2.24, 2.45) is 0 Å². The van der Waals surface area contributed by atoms with Crippen molar-refractivity contribution in [1.82, 2.24) is 4.98 Å². The molecule has 0 aliphatic heterocycles. The Morgan fingerprint density at radius 1 is 1.20 bits per heavy atom. The number of nitrogens with one attached hydrogen (secondary N) is 1. The van der Waals surface area contributed by atoms with Gasteiger partial charge in [0.25, 0.3) is 0 Å². The van der Waals surface area contributed by atoms with Gasteiger partial charge in [0.15, 0.2) is 0 Å². The van der Waals surface area contributed by atoms with Crippen LogP contribution >= 0.6 is 0 Å². The Bertz CT molecular complexity index is 309. The summed E-state index contributed by atoms with van der Waals surface area (Å²) < 4.78 is 60.0. The molecular weight excluding hydrogens is 219 g/mol. The van der Waals surface area contributed by atoms with Gasteiger partial charge in [-0.05, 0) is 12.1 Å². The van der Waals surface area contributed by atoms with Gasteiger partial charge >= 0.3 is 12.1 Å². The van der Waals surface area contributed by atoms with Crippen LogP contribution in [0.1, 0.15) is 0 Å². The Balaban J connectivity index is 2.58. The molecule has 84 valence electrons. The lowest BCUT2D eigenvalue weighted by Crippen LogP contribution is -2.42. The van der Waals surface area contributed by atoms with E-state index in [9.17, 15) is 22.0 Å². The molecule has 1 aromatic rings. The number of hydrogen-bond donors (Lipinski definition) is 1. The third kappa shape index (κ3) is 3.03. The van der Waals surface area contributed by atoms with E-state index in [1.807, 2.05) is 5.32 Å². The third-order valence-corrected chi connectivity index (χ3v) is 1.59. The molecule has 0 unspecified atom stereocenters. The molecule has 2 nitrogen and oxygen atoms in total. The van der Waals surface area contributed by atoms with Gasteiger partial charge in [-0.3, -0.25) is 4.98 Å². The second-order valence-corrected chi connectivity index (χ2v) is 2.80. The molecule has 0 fully saturated rings. The first-order valence-corrected chi connectivity index (χ1v) is 3.91. The largest absolute Gasteiger partial charge is 0.455 e. The Labute approximate surface area is 82.1 Å². The highest BCUT2D eigenvalue weighted by atomic mass is 19.4. The summed E-state index contributed by atoms with van der Waals surface area (Å²) in [6.07, 6.45) is -3.00. The predicted molar refractivity (Wildman–Crippen MR) is 43.7 cm³/mol. The highest BCUT2D eigenvalue weighted by Gasteiger charge is 2.57. The van der Waals surface area contributed by atoms with Crippen LogP contribution in [0.15, 0.2) is 24.5 Å². The molecule has 0 amide bonds. The first-order valence-electron chi connectivity index (χ1n) is 3.91. The van der Waals surface area contributed by atoms with E-state index in [4.69, 9.17) is 0 Å². The van der Waals surface area contributed by atoms with Gasteiger partial charge < -0.3 is 5.32 Å². The van der Waals surface area contributed by atoms with Crippen molar-refractivity contribution in [3.05, 3.63) is 24.5 Å². The lowest BCUT2D eigenvalue weighted by atomic mass is 10.3. The van der Waals surface area contributed by atoms with E-state index >= 15 is 0 Å². The number of aromatic nitrogens is 1. The van der Waals surface area contributed by atoms with E-state index in [1.165, 1.54) is 18.3 Å². The van der Waals surface area contributed by atoms with Crippen LogP contribution in [0.3, 0.4) is 0 Å². The van der Waals surface area contributed by atoms with Crippen LogP contribution in [0.5, 0.6) is 0 Å². The van der Waals surface area contributed by atoms with Crippen molar-refractivity contribution < 1.29 is 22.0 Å². The smallest absolute Gasteiger partial charge is 0.377 e. The molecule has 1 aromatic heterocycles. The minimum Gasteiger partial charge on any atom is -0.377 e. The summed E-state index contributed by atoms with van der Waals surface area (Å²) in [4.78, 5) is 3.56. The second kappa shape index (κ2) is 4.00. The third-order valence-electron chi connectivity index (χ3n) is 1.59. The quantitative estimate of drug-likeness (QED) is 0.801. The van der Waals surface area contributed by atoms with Crippen LogP contribution in [-0.2, 0) is 0 Å². The topological polar surface area (TPSA) is 24.9 Å². The summed E-state index contributed by atoms with van der Waals surface area (Å²) in [7, 11) is 0. The fraction of sp³-hybridized carbons (Fsp3) is 0.375. The standard InChI is InChI=1S/C8H7F5N2/c9-7(10,8(11,12)13)5-15-6-2-1-3-14-4-6/h1-4,15H,5H2. The molecule has 0 saturated heterocycles. The number of alkyl halides is 5. The molecule has 0 atom stereocenters. The van der Waals surface area contributed by atoms with E-state index in [-0.39, 0.29) is 5.69 Å². The fourth-order valence-corrected chi connectivity index (χ4v) is 0.781. The van der Waals surface area contributed by atoms with Gasteiger partial charge in [0.05, 0.1) is 12.2 Å². The highest BCUT2D eigenvalue weighted by Crippen LogP contribution is 2.35. The van der Waals surface area contributed by atoms with Gasteiger partial charge in [0.1, 0.15) is 0 Å². The van der Waals surface area contributed by atoms with Crippen LogP contribution in [0, 0.1) is 0 Å². The average molecular weight is 226 g/mol. The summed E-state index contributed by atoms with van der Waals surface area (Å²) >= 11 is 0. The average Bonchev–Trinajstić information content (AvgIpc) is 2.15. The van der Waals surface area contributed by atoms with Crippen molar-refractivity contribution >= 4 is 5.69 Å². The van der Waals surface area contributed by atoms with E-state index < -0.39 is 18.6 Å². The summed E-state index contributed by atoms with van der Waals surface area (Å²) in [5.74, 6) is -4.75. The maximum Gasteiger partial charge on any atom is 0.455 e. The Morgan fingerprint density at radius 2 is 1.87 bits per heavy atom. The molecule has 0 aliphatic carbocycles. The molecule has 1 rings (SSSR count). The summed E-state index contributed by atoms with van der Waals surface area (Å²) in [5.41, 5.74) is 0.112. The molecule has 0 spiro atoms. The zero-order chi connectivity index (χ0) is 11.5. The number of nitrogens with zero attached hydrogens (tertiary/aromatic N) is 1. The molecular formula is C8H7F5N2. The minimum atomic E-state index is -5.54. The first-order chi connectivity index (χ1) is 6.83. The normalized spacial score (nSPS) is 12.6. The monoisotopic (exact) mass is 226 g/mol. The Morgan fingerprint density at radius 3 is 2.33 bits per heavy atom. The molecule has 7 heteroatoms. The maximum absolute atomic E-state index is 12.4. The van der Waals surface area contributed by atoms with Gasteiger partial charge in [-0.2, -0.15) is 22.0 Å². The van der Waals surface area contributed by atoms with Gasteiger partial charge in [-0.1, -0.05) is 0 Å². The van der Waals surface area contributed by atoms with Crippen molar-refractivity contribution in [2.45, 2.75) is 12.1 Å². The van der Waals surface area contributed by atoms with Crippen molar-refractivity contribution in [3.63, 3.8) is 0 Å². The van der Waals surface area contributed by atoms with Gasteiger partial charge in [-0.15, -0.1) is 0 Å². The van der Waals surface area contributed by atoms with E-state index in [0.717, 1.165) is 6.20 Å². The van der Waals surface area contributed by atoms with Crippen molar-refractivity contribution in [3.8, 4) is 0 Å². The molecule has 0 aromatic carbocycles. The lowest BCUT2D eigenvalue weighted by Gasteiger charge is -2.20. The summed E-state index contributed by atoms with van der Waals surface area (Å²) in [6, 6.07) is 2.77. The second-order valence-electron chi connectivity index (χ2n) is 2.80. The zero-order valence-electron chi connectivity index (χ0n) is 7.35. The molecule has 15 heavy (non-hydrogen) atoms. The van der Waals surface area contributed by atoms with E-state index in [0.29, 0.717) is 0 Å². The minimum absolute atomic E-state index is 0.112. The summed E-state index contributed by atoms with van der Waals surface area (Å²) in [5, 5.41) is 1.96. The first kappa shape index (κ1) is 11.7. The van der Waals surface area contributed by atoms with E-state index in [2.05, 4.69) is 4.98 Å². The molecule has 0 radical (unpaired) electrons. The lowest BCUT2D eigenvalue weighted by molar-refractivity contribution is -0.275. The molecule has 0 bridgehead atoms. The maximum atomic E-state index is 12.4. The van der Waals surface area contributed by atoms with Crippen molar-refractivity contribution in [2.75, 3.05) is 11.9 Å². The highest BCUT2D eigenvalue weighted by molar-refractivity contribution is 5.39. The van der Waals surface area contributed by atoms with Gasteiger partial charge in [0.2, 0.25) is 0 Å². The van der Waals surface area contributed by atoms with Crippen LogP contribution in [-0.4, -0.2) is 23.6 Å². The Hall–Kier alpha value is -1.40. The number of hydrogen-bond acceptors (Lipinski definition) is 2. The number of halogens is 5. The van der Waals surface area contributed by atoms with E-state index in [1.54, 1.807) is 0 Å². The number of rotatable bonds is 3. The molecule has 1 N–H and O–H groups in total. The molecule has 0 aliphatic rings. The fourth-order valence-electron chi connectivity index (χ4n) is 0.781. The Kier molecular flexibility index (Phi) is 3.11. The molecule has 0 saturated carbocycles. The van der Waals surface area contributed by atoms with Crippen molar-refractivity contribution in [1.29, 1.82) is 0 Å². The zero-order valence-corrected chi connectivity index (χ0v) is 7.35. The SMILES string of the molecule is FC(F)(F)C(F)(F)CNc1cccnc1. The van der Waals surface area contributed by atoms with Gasteiger partial charge in [-0.25, -0.2) is 0 Å². The molecule has 1 heterocycles. The van der Waals surface area contributed by atoms with Crippen LogP contribution in [0.25, 0.3) is 0 Å². The van der Waals surface area contributed by atoms with Crippen LogP contribution in [0.2, 0.25) is 0 Å².